The highest BCUT2D eigenvalue weighted by Gasteiger charge is 2.26. The van der Waals surface area contributed by atoms with Gasteiger partial charge in [0.25, 0.3) is 5.91 Å². The Hall–Kier alpha value is -3.46. The van der Waals surface area contributed by atoms with Crippen molar-refractivity contribution in [3.8, 4) is 28.5 Å². The summed E-state index contributed by atoms with van der Waals surface area (Å²) in [5, 5.41) is 10.9. The van der Waals surface area contributed by atoms with Gasteiger partial charge in [0, 0.05) is 21.7 Å². The van der Waals surface area contributed by atoms with Gasteiger partial charge in [0.05, 0.1) is 7.11 Å². The number of nitrogens with zero attached hydrogens (tertiary/aromatic N) is 3. The minimum atomic E-state index is -0.491. The van der Waals surface area contributed by atoms with Crippen molar-refractivity contribution < 1.29 is 18.6 Å². The summed E-state index contributed by atoms with van der Waals surface area (Å²) in [4.78, 5) is 17.3. The smallest absolute Gasteiger partial charge is 0.274 e. The van der Waals surface area contributed by atoms with E-state index in [1.165, 1.54) is 0 Å². The molecule has 8 nitrogen and oxygen atoms in total. The van der Waals surface area contributed by atoms with Crippen LogP contribution in [0.3, 0.4) is 0 Å². The lowest BCUT2D eigenvalue weighted by Gasteiger charge is -2.17. The number of hydrogen-bond donors (Lipinski definition) is 1. The molecule has 164 valence electrons. The van der Waals surface area contributed by atoms with Crippen molar-refractivity contribution >= 4 is 21.8 Å². The van der Waals surface area contributed by atoms with Crippen LogP contribution >= 0.6 is 15.9 Å². The molecule has 1 N–H and O–H groups in total. The highest BCUT2D eigenvalue weighted by atomic mass is 79.9. The van der Waals surface area contributed by atoms with Gasteiger partial charge in [0.1, 0.15) is 11.8 Å². The number of benzene rings is 2. The second-order valence-electron chi connectivity index (χ2n) is 7.46. The molecule has 2 aromatic heterocycles. The Labute approximate surface area is 193 Å². The summed E-state index contributed by atoms with van der Waals surface area (Å²) in [6.45, 7) is 3.91. The van der Waals surface area contributed by atoms with E-state index in [0.29, 0.717) is 17.5 Å². The zero-order valence-corrected chi connectivity index (χ0v) is 19.3. The molecular formula is C23H21BrN4O4. The molecule has 1 amide bonds. The standard InChI is InChI=1S/C23H21BrN4O4/c1-13(2)20(23-26-21(28-32-23)15-6-10-17(30-3)11-7-15)25-22(29)18-12-19(31-27-18)14-4-8-16(24)9-5-14/h4-13,20H,1-3H3,(H,25,29)/t20-/m1/s1. The number of ether oxygens (including phenoxy) is 1. The third kappa shape index (κ3) is 4.72. The molecule has 1 atom stereocenters. The van der Waals surface area contributed by atoms with E-state index < -0.39 is 6.04 Å². The van der Waals surface area contributed by atoms with E-state index >= 15 is 0 Å². The van der Waals surface area contributed by atoms with Crippen molar-refractivity contribution in [2.24, 2.45) is 5.92 Å². The van der Waals surface area contributed by atoms with Crippen molar-refractivity contribution in [3.63, 3.8) is 0 Å². The third-order valence-electron chi connectivity index (χ3n) is 4.88. The number of aromatic nitrogens is 3. The van der Waals surface area contributed by atoms with Crippen LogP contribution in [0.2, 0.25) is 0 Å². The molecule has 0 spiro atoms. The molecule has 32 heavy (non-hydrogen) atoms. The van der Waals surface area contributed by atoms with Gasteiger partial charge in [0.15, 0.2) is 11.5 Å². The van der Waals surface area contributed by atoms with Gasteiger partial charge < -0.3 is 19.1 Å². The monoisotopic (exact) mass is 496 g/mol. The van der Waals surface area contributed by atoms with Crippen molar-refractivity contribution in [1.82, 2.24) is 20.6 Å². The minimum absolute atomic E-state index is 0.000891. The topological polar surface area (TPSA) is 103 Å². The molecule has 0 aliphatic rings. The van der Waals surface area contributed by atoms with E-state index in [4.69, 9.17) is 13.8 Å². The SMILES string of the molecule is COc1ccc(-c2noc([C@H](NC(=O)c3cc(-c4ccc(Br)cc4)on3)C(C)C)n2)cc1. The maximum absolute atomic E-state index is 12.8. The summed E-state index contributed by atoms with van der Waals surface area (Å²) in [6, 6.07) is 16.0. The largest absolute Gasteiger partial charge is 0.497 e. The molecular weight excluding hydrogens is 476 g/mol. The number of methoxy groups -OCH3 is 1. The number of amides is 1. The lowest BCUT2D eigenvalue weighted by molar-refractivity contribution is 0.0904. The summed E-state index contributed by atoms with van der Waals surface area (Å²) >= 11 is 3.40. The van der Waals surface area contributed by atoms with Gasteiger partial charge in [-0.25, -0.2) is 0 Å². The van der Waals surface area contributed by atoms with E-state index in [0.717, 1.165) is 21.3 Å². The highest BCUT2D eigenvalue weighted by molar-refractivity contribution is 9.10. The molecule has 0 saturated carbocycles. The van der Waals surface area contributed by atoms with Crippen molar-refractivity contribution in [1.29, 1.82) is 0 Å². The molecule has 2 aromatic carbocycles. The summed E-state index contributed by atoms with van der Waals surface area (Å²) in [7, 11) is 1.61. The molecule has 4 rings (SSSR count). The van der Waals surface area contributed by atoms with Crippen LogP contribution in [0, 0.1) is 5.92 Å². The first-order valence-electron chi connectivity index (χ1n) is 9.96. The third-order valence-corrected chi connectivity index (χ3v) is 5.41. The maximum atomic E-state index is 12.8. The number of rotatable bonds is 7. The quantitative estimate of drug-likeness (QED) is 0.370. The summed E-state index contributed by atoms with van der Waals surface area (Å²) in [5.74, 6) is 1.60. The van der Waals surface area contributed by atoms with Gasteiger partial charge in [-0.15, -0.1) is 0 Å². The van der Waals surface area contributed by atoms with E-state index in [-0.39, 0.29) is 17.5 Å². The van der Waals surface area contributed by atoms with Gasteiger partial charge in [0.2, 0.25) is 11.7 Å². The minimum Gasteiger partial charge on any atom is -0.497 e. The summed E-state index contributed by atoms with van der Waals surface area (Å²) in [5.41, 5.74) is 1.77. The van der Waals surface area contributed by atoms with Gasteiger partial charge in [-0.3, -0.25) is 4.79 Å². The molecule has 0 radical (unpaired) electrons. The molecule has 0 saturated heterocycles. The number of carbonyl (C=O) groups excluding carboxylic acids is 1. The fourth-order valence-corrected chi connectivity index (χ4v) is 3.34. The van der Waals surface area contributed by atoms with Crippen LogP contribution in [-0.4, -0.2) is 28.3 Å². The number of nitrogens with one attached hydrogen (secondary N) is 1. The van der Waals surface area contributed by atoms with Gasteiger partial charge >= 0.3 is 0 Å². The lowest BCUT2D eigenvalue weighted by atomic mass is 10.0. The molecule has 0 aliphatic heterocycles. The molecule has 0 bridgehead atoms. The van der Waals surface area contributed by atoms with E-state index in [1.807, 2.05) is 62.4 Å². The maximum Gasteiger partial charge on any atom is 0.274 e. The van der Waals surface area contributed by atoms with Crippen LogP contribution in [0.4, 0.5) is 0 Å². The number of hydrogen-bond acceptors (Lipinski definition) is 7. The Bertz CT molecular complexity index is 1200. The average Bonchev–Trinajstić information content (AvgIpc) is 3.48. The Balaban J connectivity index is 1.51. The van der Waals surface area contributed by atoms with Gasteiger partial charge in [-0.05, 0) is 42.3 Å². The van der Waals surface area contributed by atoms with Crippen LogP contribution in [0.25, 0.3) is 22.7 Å². The van der Waals surface area contributed by atoms with Crippen molar-refractivity contribution in [2.75, 3.05) is 7.11 Å². The predicted octanol–water partition coefficient (Wildman–Crippen LogP) is 5.29. The predicted molar refractivity (Wildman–Crippen MR) is 121 cm³/mol. The van der Waals surface area contributed by atoms with E-state index in [9.17, 15) is 4.79 Å². The molecule has 0 unspecified atom stereocenters. The Morgan fingerprint density at radius 1 is 1.00 bits per heavy atom. The fourth-order valence-electron chi connectivity index (χ4n) is 3.08. The fraction of sp³-hybridized carbons (Fsp3) is 0.217. The second kappa shape index (κ2) is 9.35. The molecule has 0 aliphatic carbocycles. The Morgan fingerprint density at radius 2 is 1.69 bits per heavy atom. The molecule has 4 aromatic rings. The average molecular weight is 497 g/mol. The molecule has 2 heterocycles. The van der Waals surface area contributed by atoms with Crippen LogP contribution in [0.5, 0.6) is 5.75 Å². The lowest BCUT2D eigenvalue weighted by Crippen LogP contribution is -2.32. The van der Waals surface area contributed by atoms with Crippen molar-refractivity contribution in [2.45, 2.75) is 19.9 Å². The first kappa shape index (κ1) is 21.8. The Kier molecular flexibility index (Phi) is 6.36. The van der Waals surface area contributed by atoms with Gasteiger partial charge in [-0.2, -0.15) is 4.98 Å². The molecule has 9 heteroatoms. The second-order valence-corrected chi connectivity index (χ2v) is 8.38. The van der Waals surface area contributed by atoms with E-state index in [1.54, 1.807) is 13.2 Å². The zero-order valence-electron chi connectivity index (χ0n) is 17.7. The van der Waals surface area contributed by atoms with E-state index in [2.05, 4.69) is 36.5 Å². The molecule has 0 fully saturated rings. The van der Waals surface area contributed by atoms with Crippen molar-refractivity contribution in [3.05, 3.63) is 70.7 Å². The van der Waals surface area contributed by atoms with Crippen LogP contribution in [0.1, 0.15) is 36.3 Å². The normalized spacial score (nSPS) is 12.0. The highest BCUT2D eigenvalue weighted by Crippen LogP contribution is 2.26. The van der Waals surface area contributed by atoms with Crippen LogP contribution in [-0.2, 0) is 0 Å². The zero-order chi connectivity index (χ0) is 22.7. The Morgan fingerprint density at radius 3 is 2.34 bits per heavy atom. The first-order chi connectivity index (χ1) is 15.4. The van der Waals surface area contributed by atoms with Crippen LogP contribution in [0.15, 0.2) is 68.1 Å². The first-order valence-corrected chi connectivity index (χ1v) is 10.8. The van der Waals surface area contributed by atoms with Gasteiger partial charge in [-0.1, -0.05) is 52.2 Å². The van der Waals surface area contributed by atoms with Crippen LogP contribution < -0.4 is 10.1 Å². The number of halogens is 1. The summed E-state index contributed by atoms with van der Waals surface area (Å²) < 4.78 is 16.9. The summed E-state index contributed by atoms with van der Waals surface area (Å²) in [6.07, 6.45) is 0. The number of carbonyl (C=O) groups is 1.